The van der Waals surface area contributed by atoms with Crippen LogP contribution in [0.25, 0.3) is 11.1 Å². The Kier molecular flexibility index (Phi) is 8.58. The van der Waals surface area contributed by atoms with E-state index in [2.05, 4.69) is 25.2 Å². The summed E-state index contributed by atoms with van der Waals surface area (Å²) in [4.78, 5) is 43.2. The number of carbonyl (C=O) groups excluding carboxylic acids is 2. The lowest BCUT2D eigenvalue weighted by Gasteiger charge is -2.35. The first-order valence-corrected chi connectivity index (χ1v) is 12.8. The molecule has 3 heterocycles. The molecule has 10 nitrogen and oxygen atoms in total. The van der Waals surface area contributed by atoms with Gasteiger partial charge in [-0.05, 0) is 50.1 Å². The van der Waals surface area contributed by atoms with Crippen LogP contribution in [0.15, 0.2) is 55.0 Å². The predicted octanol–water partition coefficient (Wildman–Crippen LogP) is 3.49. The summed E-state index contributed by atoms with van der Waals surface area (Å²) in [7, 11) is 1.69. The normalized spacial score (nSPS) is 13.7. The van der Waals surface area contributed by atoms with Crippen LogP contribution < -0.4 is 15.1 Å². The number of rotatable bonds is 7. The Morgan fingerprint density at radius 3 is 2.36 bits per heavy atom. The van der Waals surface area contributed by atoms with Gasteiger partial charge in [0.15, 0.2) is 11.6 Å². The molecule has 0 atom stereocenters. The topological polar surface area (TPSA) is 104 Å². The number of pyridine rings is 1. The van der Waals surface area contributed by atoms with Crippen LogP contribution in [0.2, 0.25) is 0 Å². The minimum atomic E-state index is -0.628. The van der Waals surface area contributed by atoms with Crippen LogP contribution in [0.1, 0.15) is 26.3 Å². The van der Waals surface area contributed by atoms with Crippen LogP contribution in [-0.4, -0.2) is 77.2 Å². The van der Waals surface area contributed by atoms with Gasteiger partial charge in [-0.25, -0.2) is 24.1 Å². The molecule has 2 aromatic heterocycles. The molecular weight excluding hydrogens is 501 g/mol. The van der Waals surface area contributed by atoms with E-state index in [0.29, 0.717) is 44.5 Å². The summed E-state index contributed by atoms with van der Waals surface area (Å²) in [5.74, 6) is 0.449. The van der Waals surface area contributed by atoms with E-state index < -0.39 is 11.7 Å². The first kappa shape index (κ1) is 27.7. The number of benzene rings is 1. The van der Waals surface area contributed by atoms with E-state index in [4.69, 9.17) is 4.74 Å². The monoisotopic (exact) mass is 535 g/mol. The molecule has 3 aromatic rings. The number of piperazine rings is 1. The number of aromatic nitrogens is 3. The average Bonchev–Trinajstić information content (AvgIpc) is 2.91. The molecule has 206 valence electrons. The molecule has 1 saturated heterocycles. The number of likely N-dealkylation sites (N-methyl/N-ethyl adjacent to an activating group) is 1. The van der Waals surface area contributed by atoms with E-state index in [0.717, 1.165) is 16.7 Å². The Labute approximate surface area is 227 Å². The Balaban J connectivity index is 1.31. The number of anilines is 2. The first-order chi connectivity index (χ1) is 18.6. The molecule has 0 spiro atoms. The van der Waals surface area contributed by atoms with Crippen molar-refractivity contribution in [3.8, 4) is 11.1 Å². The quantitative estimate of drug-likeness (QED) is 0.491. The Morgan fingerprint density at radius 2 is 1.69 bits per heavy atom. The van der Waals surface area contributed by atoms with Gasteiger partial charge in [-0.15, -0.1) is 0 Å². The van der Waals surface area contributed by atoms with Gasteiger partial charge in [0.1, 0.15) is 12.1 Å². The van der Waals surface area contributed by atoms with E-state index in [1.165, 1.54) is 6.07 Å². The number of hydrogen-bond acceptors (Lipinski definition) is 8. The molecular formula is C28H34FN7O3. The maximum atomic E-state index is 14.1. The minimum Gasteiger partial charge on any atom is -0.444 e. The minimum absolute atomic E-state index is 0.147. The molecule has 0 aliphatic carbocycles. The highest BCUT2D eigenvalue weighted by Crippen LogP contribution is 2.23. The second kappa shape index (κ2) is 12.1. The van der Waals surface area contributed by atoms with Crippen molar-refractivity contribution < 1.29 is 18.7 Å². The van der Waals surface area contributed by atoms with Crippen molar-refractivity contribution in [2.24, 2.45) is 0 Å². The summed E-state index contributed by atoms with van der Waals surface area (Å²) in [6.45, 7) is 8.10. The fourth-order valence-corrected chi connectivity index (χ4v) is 4.17. The van der Waals surface area contributed by atoms with E-state index in [1.54, 1.807) is 57.4 Å². The lowest BCUT2D eigenvalue weighted by Crippen LogP contribution is -2.47. The molecule has 1 aliphatic rings. The zero-order chi connectivity index (χ0) is 28.0. The molecule has 4 rings (SSSR count). The van der Waals surface area contributed by atoms with Gasteiger partial charge in [0.2, 0.25) is 11.9 Å². The second-order valence-corrected chi connectivity index (χ2v) is 10.4. The summed E-state index contributed by atoms with van der Waals surface area (Å²) < 4.78 is 19.2. The van der Waals surface area contributed by atoms with Gasteiger partial charge in [0, 0.05) is 63.9 Å². The van der Waals surface area contributed by atoms with Gasteiger partial charge >= 0.3 is 6.09 Å². The highest BCUT2D eigenvalue weighted by atomic mass is 19.1. The van der Waals surface area contributed by atoms with E-state index in [-0.39, 0.29) is 18.3 Å². The zero-order valence-corrected chi connectivity index (χ0v) is 22.7. The third-order valence-electron chi connectivity index (χ3n) is 6.13. The number of nitrogens with one attached hydrogen (secondary N) is 1. The Morgan fingerprint density at radius 1 is 1.00 bits per heavy atom. The third kappa shape index (κ3) is 7.62. The standard InChI is InChI=1S/C28H34FN7O3/c1-28(2,3)39-27(38)33-18-24(37)34(4)19-20-7-5-8-21(15-20)22-16-31-26(32-17-22)36-13-11-35(12-14-36)25-23(29)9-6-10-30-25/h5-10,15-17H,11-14,18-19H2,1-4H3,(H,33,38). The molecule has 0 radical (unpaired) electrons. The summed E-state index contributed by atoms with van der Waals surface area (Å²) in [6, 6.07) is 10.8. The molecule has 1 fully saturated rings. The first-order valence-electron chi connectivity index (χ1n) is 12.8. The predicted molar refractivity (Wildman–Crippen MR) is 147 cm³/mol. The largest absolute Gasteiger partial charge is 0.444 e. The molecule has 11 heteroatoms. The van der Waals surface area contributed by atoms with Crippen molar-refractivity contribution >= 4 is 23.8 Å². The fraction of sp³-hybridized carbons (Fsp3) is 0.393. The van der Waals surface area contributed by atoms with Gasteiger partial charge in [-0.2, -0.15) is 0 Å². The van der Waals surface area contributed by atoms with Crippen molar-refractivity contribution in [3.05, 3.63) is 66.4 Å². The van der Waals surface area contributed by atoms with Gasteiger partial charge in [0.25, 0.3) is 0 Å². The highest BCUT2D eigenvalue weighted by Gasteiger charge is 2.22. The van der Waals surface area contributed by atoms with Crippen LogP contribution in [0.3, 0.4) is 0 Å². The van der Waals surface area contributed by atoms with Crippen LogP contribution >= 0.6 is 0 Å². The summed E-state index contributed by atoms with van der Waals surface area (Å²) in [6.07, 6.45) is 4.54. The summed E-state index contributed by atoms with van der Waals surface area (Å²) in [5, 5.41) is 2.49. The zero-order valence-electron chi connectivity index (χ0n) is 22.7. The van der Waals surface area contributed by atoms with Crippen LogP contribution in [0.4, 0.5) is 21.0 Å². The van der Waals surface area contributed by atoms with Crippen molar-refractivity contribution in [3.63, 3.8) is 0 Å². The molecule has 0 unspecified atom stereocenters. The molecule has 2 amide bonds. The van der Waals surface area contributed by atoms with Gasteiger partial charge in [-0.3, -0.25) is 4.79 Å². The van der Waals surface area contributed by atoms with Gasteiger partial charge in [0.05, 0.1) is 0 Å². The molecule has 1 N–H and O–H groups in total. The molecule has 0 bridgehead atoms. The van der Waals surface area contributed by atoms with E-state index in [9.17, 15) is 14.0 Å². The molecule has 1 aromatic carbocycles. The van der Waals surface area contributed by atoms with E-state index in [1.807, 2.05) is 29.2 Å². The van der Waals surface area contributed by atoms with Gasteiger partial charge < -0.3 is 24.8 Å². The lowest BCUT2D eigenvalue weighted by molar-refractivity contribution is -0.129. The van der Waals surface area contributed by atoms with Gasteiger partial charge in [-0.1, -0.05) is 18.2 Å². The SMILES string of the molecule is CN(Cc1cccc(-c2cnc(N3CCN(c4ncccc4F)CC3)nc2)c1)C(=O)CNC(=O)OC(C)(C)C. The number of alkyl carbamates (subject to hydrolysis) is 1. The highest BCUT2D eigenvalue weighted by molar-refractivity contribution is 5.82. The molecule has 1 aliphatic heterocycles. The van der Waals surface area contributed by atoms with E-state index >= 15 is 0 Å². The number of halogens is 1. The maximum absolute atomic E-state index is 14.1. The second-order valence-electron chi connectivity index (χ2n) is 10.4. The molecule has 39 heavy (non-hydrogen) atoms. The lowest BCUT2D eigenvalue weighted by atomic mass is 10.1. The number of nitrogens with zero attached hydrogens (tertiary/aromatic N) is 6. The molecule has 0 saturated carbocycles. The average molecular weight is 536 g/mol. The van der Waals surface area contributed by atoms with Crippen molar-refractivity contribution in [1.82, 2.24) is 25.2 Å². The van der Waals surface area contributed by atoms with Crippen LogP contribution in [0, 0.1) is 5.82 Å². The maximum Gasteiger partial charge on any atom is 0.408 e. The summed E-state index contributed by atoms with van der Waals surface area (Å²) in [5.41, 5.74) is 2.09. The van der Waals surface area contributed by atoms with Crippen molar-refractivity contribution in [2.45, 2.75) is 32.9 Å². The van der Waals surface area contributed by atoms with Crippen LogP contribution in [-0.2, 0) is 16.1 Å². The summed E-state index contributed by atoms with van der Waals surface area (Å²) >= 11 is 0. The fourth-order valence-electron chi connectivity index (χ4n) is 4.17. The van der Waals surface area contributed by atoms with Crippen LogP contribution in [0.5, 0.6) is 0 Å². The number of ether oxygens (including phenoxy) is 1. The van der Waals surface area contributed by atoms with Crippen molar-refractivity contribution in [2.75, 3.05) is 49.6 Å². The number of carbonyl (C=O) groups is 2. The third-order valence-corrected chi connectivity index (χ3v) is 6.13. The number of amides is 2. The Hall–Kier alpha value is -4.28. The van der Waals surface area contributed by atoms with Crippen molar-refractivity contribution in [1.29, 1.82) is 0 Å². The smallest absolute Gasteiger partial charge is 0.408 e. The number of hydrogen-bond donors (Lipinski definition) is 1. The Bertz CT molecular complexity index is 1290.